The van der Waals surface area contributed by atoms with Gasteiger partial charge in [0.05, 0.1) is 17.4 Å². The first kappa shape index (κ1) is 19.1. The summed E-state index contributed by atoms with van der Waals surface area (Å²) in [5.74, 6) is -0.671. The highest BCUT2D eigenvalue weighted by atomic mass is 19.4. The van der Waals surface area contributed by atoms with Crippen molar-refractivity contribution in [1.82, 2.24) is 9.78 Å². The fourth-order valence-corrected chi connectivity index (χ4v) is 3.54. The summed E-state index contributed by atoms with van der Waals surface area (Å²) in [6, 6.07) is 16.0. The molecular weight excluding hydrogens is 384 g/mol. The molecule has 1 unspecified atom stereocenters. The SMILES string of the molecule is Cc1cc(F)ccc1C(O)(c1ccc2c(cnn2-c2ccccc2)c1)C(F)(F)F. The minimum Gasteiger partial charge on any atom is -0.372 e. The van der Waals surface area contributed by atoms with Crippen molar-refractivity contribution in [2.24, 2.45) is 0 Å². The van der Waals surface area contributed by atoms with Crippen molar-refractivity contribution in [1.29, 1.82) is 0 Å². The summed E-state index contributed by atoms with van der Waals surface area (Å²) in [6.07, 6.45) is -3.57. The van der Waals surface area contributed by atoms with Crippen LogP contribution in [-0.4, -0.2) is 21.1 Å². The molecule has 0 spiro atoms. The Morgan fingerprint density at radius 3 is 2.31 bits per heavy atom. The number of aromatic nitrogens is 2. The smallest absolute Gasteiger partial charge is 0.372 e. The number of nitrogens with zero attached hydrogens (tertiary/aromatic N) is 2. The Morgan fingerprint density at radius 1 is 0.931 bits per heavy atom. The van der Waals surface area contributed by atoms with Crippen LogP contribution in [0.5, 0.6) is 0 Å². The van der Waals surface area contributed by atoms with Gasteiger partial charge >= 0.3 is 6.18 Å². The molecule has 0 aliphatic rings. The summed E-state index contributed by atoms with van der Waals surface area (Å²) in [4.78, 5) is 0. The molecule has 0 bridgehead atoms. The van der Waals surface area contributed by atoms with Gasteiger partial charge in [0.25, 0.3) is 0 Å². The minimum atomic E-state index is -5.02. The molecule has 1 atom stereocenters. The summed E-state index contributed by atoms with van der Waals surface area (Å²) < 4.78 is 57.2. The number of aliphatic hydroxyl groups is 1. The van der Waals surface area contributed by atoms with Crippen molar-refractivity contribution in [3.8, 4) is 5.69 Å². The van der Waals surface area contributed by atoms with Crippen LogP contribution in [0, 0.1) is 12.7 Å². The van der Waals surface area contributed by atoms with E-state index in [1.807, 2.05) is 30.3 Å². The van der Waals surface area contributed by atoms with E-state index in [1.165, 1.54) is 31.3 Å². The van der Waals surface area contributed by atoms with Gasteiger partial charge in [-0.1, -0.05) is 30.3 Å². The van der Waals surface area contributed by atoms with Crippen LogP contribution in [-0.2, 0) is 5.60 Å². The zero-order valence-corrected chi connectivity index (χ0v) is 15.3. The molecule has 148 valence electrons. The third-order valence-corrected chi connectivity index (χ3v) is 4.98. The lowest BCUT2D eigenvalue weighted by Crippen LogP contribution is -2.43. The van der Waals surface area contributed by atoms with E-state index in [9.17, 15) is 22.7 Å². The van der Waals surface area contributed by atoms with E-state index < -0.39 is 23.2 Å². The molecule has 0 radical (unpaired) electrons. The molecule has 4 aromatic rings. The van der Waals surface area contributed by atoms with Crippen LogP contribution in [0.4, 0.5) is 17.6 Å². The molecule has 0 aliphatic carbocycles. The average Bonchev–Trinajstić information content (AvgIpc) is 3.10. The molecule has 0 aliphatic heterocycles. The summed E-state index contributed by atoms with van der Waals surface area (Å²) >= 11 is 0. The van der Waals surface area contributed by atoms with Gasteiger partial charge in [-0.25, -0.2) is 9.07 Å². The molecule has 0 fully saturated rings. The molecule has 7 heteroatoms. The fourth-order valence-electron chi connectivity index (χ4n) is 3.54. The van der Waals surface area contributed by atoms with E-state index in [0.29, 0.717) is 10.9 Å². The molecule has 3 aromatic carbocycles. The quantitative estimate of drug-likeness (QED) is 0.476. The third kappa shape index (κ3) is 3.07. The van der Waals surface area contributed by atoms with Gasteiger partial charge in [0.1, 0.15) is 5.82 Å². The average molecular weight is 400 g/mol. The lowest BCUT2D eigenvalue weighted by atomic mass is 9.83. The minimum absolute atomic E-state index is 0.00454. The highest BCUT2D eigenvalue weighted by Gasteiger charge is 2.57. The molecule has 0 saturated heterocycles. The first-order valence-corrected chi connectivity index (χ1v) is 8.81. The number of halogens is 4. The predicted octanol–water partition coefficient (Wildman–Crippen LogP) is 5.27. The first-order valence-electron chi connectivity index (χ1n) is 8.81. The van der Waals surface area contributed by atoms with Gasteiger partial charge in [0, 0.05) is 10.9 Å². The maximum atomic E-state index is 14.1. The van der Waals surface area contributed by atoms with Crippen LogP contribution < -0.4 is 0 Å². The van der Waals surface area contributed by atoms with E-state index in [0.717, 1.165) is 23.9 Å². The van der Waals surface area contributed by atoms with Crippen molar-refractivity contribution in [3.05, 3.63) is 95.4 Å². The van der Waals surface area contributed by atoms with Crippen LogP contribution >= 0.6 is 0 Å². The maximum Gasteiger partial charge on any atom is 0.425 e. The van der Waals surface area contributed by atoms with Crippen LogP contribution in [0.15, 0.2) is 72.9 Å². The molecule has 1 aromatic heterocycles. The molecule has 3 nitrogen and oxygen atoms in total. The molecule has 1 N–H and O–H groups in total. The second-order valence-electron chi connectivity index (χ2n) is 6.83. The van der Waals surface area contributed by atoms with E-state index in [-0.39, 0.29) is 11.1 Å². The van der Waals surface area contributed by atoms with Gasteiger partial charge in [0.2, 0.25) is 5.60 Å². The van der Waals surface area contributed by atoms with Gasteiger partial charge in [-0.2, -0.15) is 18.3 Å². The van der Waals surface area contributed by atoms with Crippen molar-refractivity contribution in [2.45, 2.75) is 18.7 Å². The summed E-state index contributed by atoms with van der Waals surface area (Å²) in [6.45, 7) is 1.33. The van der Waals surface area contributed by atoms with E-state index in [1.54, 1.807) is 4.68 Å². The maximum absolute atomic E-state index is 14.1. The van der Waals surface area contributed by atoms with Gasteiger partial charge in [-0.05, 0) is 54.4 Å². The van der Waals surface area contributed by atoms with Crippen LogP contribution in [0.3, 0.4) is 0 Å². The zero-order chi connectivity index (χ0) is 20.8. The normalized spacial score (nSPS) is 14.1. The molecular formula is C22H16F4N2O. The van der Waals surface area contributed by atoms with Crippen molar-refractivity contribution >= 4 is 10.9 Å². The van der Waals surface area contributed by atoms with Crippen LogP contribution in [0.1, 0.15) is 16.7 Å². The Hall–Kier alpha value is -3.19. The fraction of sp³-hybridized carbons (Fsp3) is 0.136. The van der Waals surface area contributed by atoms with Crippen molar-refractivity contribution in [3.63, 3.8) is 0 Å². The highest BCUT2D eigenvalue weighted by Crippen LogP contribution is 2.46. The van der Waals surface area contributed by atoms with E-state index in [4.69, 9.17) is 0 Å². The largest absolute Gasteiger partial charge is 0.425 e. The molecule has 0 saturated carbocycles. The lowest BCUT2D eigenvalue weighted by molar-refractivity contribution is -0.248. The van der Waals surface area contributed by atoms with E-state index in [2.05, 4.69) is 5.10 Å². The molecule has 0 amide bonds. The van der Waals surface area contributed by atoms with E-state index >= 15 is 0 Å². The molecule has 29 heavy (non-hydrogen) atoms. The second-order valence-corrected chi connectivity index (χ2v) is 6.83. The summed E-state index contributed by atoms with van der Waals surface area (Å²) in [7, 11) is 0. The first-order chi connectivity index (χ1) is 13.7. The molecule has 1 heterocycles. The Kier molecular flexibility index (Phi) is 4.42. The second kappa shape index (κ2) is 6.70. The summed E-state index contributed by atoms with van der Waals surface area (Å²) in [5, 5.41) is 15.6. The molecule has 4 rings (SSSR count). The van der Waals surface area contributed by atoms with Gasteiger partial charge in [0.15, 0.2) is 0 Å². The monoisotopic (exact) mass is 400 g/mol. The Morgan fingerprint density at radius 2 is 1.66 bits per heavy atom. The third-order valence-electron chi connectivity index (χ3n) is 4.98. The van der Waals surface area contributed by atoms with Crippen molar-refractivity contribution < 1.29 is 22.7 Å². The topological polar surface area (TPSA) is 38.1 Å². The number of aryl methyl sites for hydroxylation is 1. The standard InChI is InChI=1S/C22H16F4N2O/c1-14-11-17(23)8-9-19(14)21(29,22(24,25)26)16-7-10-20-15(12-16)13-27-28(20)18-5-3-2-4-6-18/h2-13,29H,1H3. The number of para-hydroxylation sites is 1. The van der Waals surface area contributed by atoms with Crippen LogP contribution in [0.25, 0.3) is 16.6 Å². The zero-order valence-electron chi connectivity index (χ0n) is 15.3. The summed E-state index contributed by atoms with van der Waals surface area (Å²) in [5.41, 5.74) is -2.70. The van der Waals surface area contributed by atoms with Crippen molar-refractivity contribution in [2.75, 3.05) is 0 Å². The Bertz CT molecular complexity index is 1180. The lowest BCUT2D eigenvalue weighted by Gasteiger charge is -2.32. The number of benzene rings is 3. The Labute approximate surface area is 163 Å². The highest BCUT2D eigenvalue weighted by molar-refractivity contribution is 5.81. The number of fused-ring (bicyclic) bond motifs is 1. The van der Waals surface area contributed by atoms with Crippen LogP contribution in [0.2, 0.25) is 0 Å². The Balaban J connectivity index is 1.90. The van der Waals surface area contributed by atoms with Gasteiger partial charge in [-0.15, -0.1) is 0 Å². The predicted molar refractivity (Wildman–Crippen MR) is 101 cm³/mol. The number of hydrogen-bond acceptors (Lipinski definition) is 2. The van der Waals surface area contributed by atoms with Gasteiger partial charge in [-0.3, -0.25) is 0 Å². The van der Waals surface area contributed by atoms with Gasteiger partial charge < -0.3 is 5.11 Å². The number of rotatable bonds is 3. The number of alkyl halides is 3. The number of hydrogen-bond donors (Lipinski definition) is 1.